The zero-order valence-electron chi connectivity index (χ0n) is 9.74. The smallest absolute Gasteiger partial charge is 0.357 e. The average Bonchev–Trinajstić information content (AvgIpc) is 2.37. The van der Waals surface area contributed by atoms with Crippen LogP contribution in [-0.4, -0.2) is 24.7 Å². The Hall–Kier alpha value is -2.23. The average molecular weight is 256 g/mol. The maximum Gasteiger partial charge on any atom is 0.357 e. The number of methoxy groups -OCH3 is 1. The van der Waals surface area contributed by atoms with Gasteiger partial charge in [-0.15, -0.1) is 0 Å². The van der Waals surface area contributed by atoms with E-state index in [9.17, 15) is 13.6 Å². The van der Waals surface area contributed by atoms with Gasteiger partial charge in [-0.2, -0.15) is 5.26 Å². The van der Waals surface area contributed by atoms with E-state index in [0.29, 0.717) is 0 Å². The van der Waals surface area contributed by atoms with Crippen molar-refractivity contribution in [2.45, 2.75) is 13.3 Å². The van der Waals surface area contributed by atoms with Crippen LogP contribution in [0.15, 0.2) is 6.07 Å². The molecule has 96 valence electrons. The lowest BCUT2D eigenvalue weighted by atomic mass is 10.1. The van der Waals surface area contributed by atoms with Crippen LogP contribution >= 0.6 is 0 Å². The number of ether oxygens (including phenoxy) is 2. The minimum Gasteiger partial charge on any atom is -0.495 e. The Balaban J connectivity index is 3.37. The number of rotatable bonds is 4. The van der Waals surface area contributed by atoms with E-state index in [2.05, 4.69) is 9.72 Å². The summed E-state index contributed by atoms with van der Waals surface area (Å²) in [4.78, 5) is 14.9. The van der Waals surface area contributed by atoms with Crippen LogP contribution in [0.4, 0.5) is 8.78 Å². The SMILES string of the molecule is CCOC(=O)c1cc(OC)c(C#N)c(C(F)F)n1. The van der Waals surface area contributed by atoms with Crippen LogP contribution in [0.2, 0.25) is 0 Å². The van der Waals surface area contributed by atoms with Gasteiger partial charge in [-0.3, -0.25) is 0 Å². The molecule has 1 heterocycles. The second kappa shape index (κ2) is 5.91. The van der Waals surface area contributed by atoms with Crippen molar-refractivity contribution in [2.75, 3.05) is 13.7 Å². The number of alkyl halides is 2. The van der Waals surface area contributed by atoms with Crippen molar-refractivity contribution in [3.8, 4) is 11.8 Å². The van der Waals surface area contributed by atoms with Crippen molar-refractivity contribution >= 4 is 5.97 Å². The Morgan fingerprint density at radius 2 is 2.28 bits per heavy atom. The Morgan fingerprint density at radius 3 is 2.72 bits per heavy atom. The molecule has 0 amide bonds. The number of nitrogens with zero attached hydrogens (tertiary/aromatic N) is 2. The summed E-state index contributed by atoms with van der Waals surface area (Å²) in [5, 5.41) is 8.79. The molecule has 0 bridgehead atoms. The topological polar surface area (TPSA) is 72.2 Å². The van der Waals surface area contributed by atoms with Gasteiger partial charge in [0.15, 0.2) is 5.69 Å². The van der Waals surface area contributed by atoms with Gasteiger partial charge in [-0.05, 0) is 6.92 Å². The van der Waals surface area contributed by atoms with Crippen LogP contribution in [0, 0.1) is 11.3 Å². The summed E-state index contributed by atoms with van der Waals surface area (Å²) < 4.78 is 34.9. The molecule has 0 saturated heterocycles. The lowest BCUT2D eigenvalue weighted by Crippen LogP contribution is -2.11. The van der Waals surface area contributed by atoms with E-state index >= 15 is 0 Å². The molecule has 1 aromatic rings. The second-order valence-electron chi connectivity index (χ2n) is 3.10. The molecular formula is C11H10F2N2O3. The molecule has 0 saturated carbocycles. The molecule has 0 radical (unpaired) electrons. The van der Waals surface area contributed by atoms with Gasteiger partial charge >= 0.3 is 5.97 Å². The first-order valence-corrected chi connectivity index (χ1v) is 4.99. The molecule has 1 rings (SSSR count). The molecular weight excluding hydrogens is 246 g/mol. The zero-order valence-corrected chi connectivity index (χ0v) is 9.74. The fourth-order valence-corrected chi connectivity index (χ4v) is 1.28. The summed E-state index contributed by atoms with van der Waals surface area (Å²) in [7, 11) is 1.21. The van der Waals surface area contributed by atoms with Gasteiger partial charge in [0.05, 0.1) is 13.7 Å². The summed E-state index contributed by atoms with van der Waals surface area (Å²) in [5.41, 5.74) is -1.50. The van der Waals surface area contributed by atoms with Gasteiger partial charge in [0.2, 0.25) is 0 Å². The molecule has 0 N–H and O–H groups in total. The van der Waals surface area contributed by atoms with Crippen LogP contribution in [-0.2, 0) is 4.74 Å². The molecule has 0 unspecified atom stereocenters. The van der Waals surface area contributed by atoms with Crippen molar-refractivity contribution in [1.82, 2.24) is 4.98 Å². The normalized spacial score (nSPS) is 10.0. The number of halogens is 2. The Labute approximate surface area is 102 Å². The third-order valence-electron chi connectivity index (χ3n) is 2.03. The van der Waals surface area contributed by atoms with Crippen molar-refractivity contribution < 1.29 is 23.0 Å². The highest BCUT2D eigenvalue weighted by molar-refractivity contribution is 5.88. The molecule has 7 heteroatoms. The maximum absolute atomic E-state index is 12.7. The molecule has 0 aliphatic heterocycles. The van der Waals surface area contributed by atoms with Gasteiger partial charge in [0.25, 0.3) is 6.43 Å². The highest BCUT2D eigenvalue weighted by Gasteiger charge is 2.23. The zero-order chi connectivity index (χ0) is 13.7. The number of nitriles is 1. The van der Waals surface area contributed by atoms with E-state index in [-0.39, 0.29) is 23.6 Å². The predicted molar refractivity (Wildman–Crippen MR) is 56.4 cm³/mol. The summed E-state index contributed by atoms with van der Waals surface area (Å²) in [6.07, 6.45) is -2.98. The summed E-state index contributed by atoms with van der Waals surface area (Å²) in [6.45, 7) is 1.67. The van der Waals surface area contributed by atoms with Gasteiger partial charge in [-0.25, -0.2) is 18.6 Å². The Bertz CT molecular complexity index is 498. The third kappa shape index (κ3) is 2.71. The van der Waals surface area contributed by atoms with Crippen LogP contribution in [0.5, 0.6) is 5.75 Å². The fraction of sp³-hybridized carbons (Fsp3) is 0.364. The van der Waals surface area contributed by atoms with Gasteiger partial charge in [0.1, 0.15) is 23.1 Å². The molecule has 0 aromatic carbocycles. The monoisotopic (exact) mass is 256 g/mol. The van der Waals surface area contributed by atoms with Crippen molar-refractivity contribution in [3.05, 3.63) is 23.0 Å². The van der Waals surface area contributed by atoms with E-state index < -0.39 is 18.1 Å². The first kappa shape index (κ1) is 13.8. The lowest BCUT2D eigenvalue weighted by molar-refractivity contribution is 0.0517. The maximum atomic E-state index is 12.7. The Morgan fingerprint density at radius 1 is 1.61 bits per heavy atom. The highest BCUT2D eigenvalue weighted by Crippen LogP contribution is 2.28. The standard InChI is InChI=1S/C11H10F2N2O3/c1-3-18-11(16)7-4-8(17-2)6(5-14)9(15-7)10(12)13/h4,10H,3H2,1-2H3. The molecule has 0 atom stereocenters. The molecule has 1 aromatic heterocycles. The van der Waals surface area contributed by atoms with Crippen molar-refractivity contribution in [1.29, 1.82) is 5.26 Å². The number of carbonyl (C=O) groups excluding carboxylic acids is 1. The number of hydrogen-bond acceptors (Lipinski definition) is 5. The van der Waals surface area contributed by atoms with E-state index in [0.717, 1.165) is 6.07 Å². The van der Waals surface area contributed by atoms with Gasteiger partial charge in [0, 0.05) is 6.07 Å². The largest absolute Gasteiger partial charge is 0.495 e. The molecule has 0 aliphatic rings. The lowest BCUT2D eigenvalue weighted by Gasteiger charge is -2.09. The first-order valence-electron chi connectivity index (χ1n) is 4.99. The van der Waals surface area contributed by atoms with Crippen LogP contribution < -0.4 is 4.74 Å². The Kier molecular flexibility index (Phi) is 4.54. The minimum atomic E-state index is -2.98. The molecule has 18 heavy (non-hydrogen) atoms. The number of carbonyl (C=O) groups is 1. The fourth-order valence-electron chi connectivity index (χ4n) is 1.28. The summed E-state index contributed by atoms with van der Waals surface area (Å²) in [5.74, 6) is -0.979. The second-order valence-corrected chi connectivity index (χ2v) is 3.10. The predicted octanol–water partition coefficient (Wildman–Crippen LogP) is 2.08. The van der Waals surface area contributed by atoms with E-state index in [1.54, 1.807) is 13.0 Å². The quantitative estimate of drug-likeness (QED) is 0.771. The number of esters is 1. The van der Waals surface area contributed by atoms with E-state index in [1.165, 1.54) is 7.11 Å². The summed E-state index contributed by atoms with van der Waals surface area (Å²) >= 11 is 0. The summed E-state index contributed by atoms with van der Waals surface area (Å²) in [6, 6.07) is 2.67. The van der Waals surface area contributed by atoms with Crippen LogP contribution in [0.1, 0.15) is 35.1 Å². The molecule has 0 spiro atoms. The molecule has 5 nitrogen and oxygen atoms in total. The number of aromatic nitrogens is 1. The number of hydrogen-bond donors (Lipinski definition) is 0. The van der Waals surface area contributed by atoms with E-state index in [4.69, 9.17) is 10.00 Å². The van der Waals surface area contributed by atoms with Crippen molar-refractivity contribution in [3.63, 3.8) is 0 Å². The van der Waals surface area contributed by atoms with Crippen molar-refractivity contribution in [2.24, 2.45) is 0 Å². The van der Waals surface area contributed by atoms with Crippen LogP contribution in [0.25, 0.3) is 0 Å². The van der Waals surface area contributed by atoms with Gasteiger partial charge in [-0.1, -0.05) is 0 Å². The molecule has 0 aliphatic carbocycles. The first-order chi connectivity index (χ1) is 8.54. The minimum absolute atomic E-state index is 0.0901. The van der Waals surface area contributed by atoms with Gasteiger partial charge < -0.3 is 9.47 Å². The van der Waals surface area contributed by atoms with E-state index in [1.807, 2.05) is 0 Å². The third-order valence-corrected chi connectivity index (χ3v) is 2.03. The highest BCUT2D eigenvalue weighted by atomic mass is 19.3. The number of pyridine rings is 1. The molecule has 0 fully saturated rings. The van der Waals surface area contributed by atoms with Crippen LogP contribution in [0.3, 0.4) is 0 Å².